The Bertz CT molecular complexity index is 640. The summed E-state index contributed by atoms with van der Waals surface area (Å²) >= 11 is 0. The van der Waals surface area contributed by atoms with Gasteiger partial charge in [0.15, 0.2) is 0 Å². The number of unbranched alkanes of at least 4 members (excludes halogenated alkanes) is 2. The molecule has 2 aromatic rings. The summed E-state index contributed by atoms with van der Waals surface area (Å²) in [5, 5.41) is 17.5. The second kappa shape index (κ2) is 6.71. The van der Waals surface area contributed by atoms with Gasteiger partial charge in [0.2, 0.25) is 0 Å². The van der Waals surface area contributed by atoms with Crippen LogP contribution in [-0.2, 0) is 17.8 Å². The number of hydrogen-bond donors (Lipinski definition) is 1. The Labute approximate surface area is 117 Å². The van der Waals surface area contributed by atoms with Crippen molar-refractivity contribution in [2.24, 2.45) is 0 Å². The van der Waals surface area contributed by atoms with E-state index in [1.807, 2.05) is 24.3 Å². The standard InChI is InChI=1S/C15H17N3O2/c16-10-9-14-17-12-6-3-4-7-13(12)18(14)11-5-1-2-8-15(19)20/h3-4,6-7H,1-2,5,8-9,11H2,(H,19,20). The number of aryl methyl sites for hydroxylation is 1. The van der Waals surface area contributed by atoms with Crippen LogP contribution in [0.4, 0.5) is 0 Å². The van der Waals surface area contributed by atoms with Crippen LogP contribution in [0.25, 0.3) is 11.0 Å². The number of imidazole rings is 1. The Balaban J connectivity index is 2.05. The highest BCUT2D eigenvalue weighted by Gasteiger charge is 2.09. The van der Waals surface area contributed by atoms with Crippen LogP contribution in [0.2, 0.25) is 0 Å². The number of nitrogens with zero attached hydrogens (tertiary/aromatic N) is 3. The predicted octanol–water partition coefficient (Wildman–Crippen LogP) is 2.75. The van der Waals surface area contributed by atoms with E-state index in [9.17, 15) is 4.79 Å². The lowest BCUT2D eigenvalue weighted by Crippen LogP contribution is -2.04. The van der Waals surface area contributed by atoms with Gasteiger partial charge < -0.3 is 9.67 Å². The summed E-state index contributed by atoms with van der Waals surface area (Å²) < 4.78 is 2.07. The van der Waals surface area contributed by atoms with Gasteiger partial charge in [-0.15, -0.1) is 0 Å². The van der Waals surface area contributed by atoms with Crippen LogP contribution in [0.3, 0.4) is 0 Å². The first kappa shape index (κ1) is 14.1. The zero-order chi connectivity index (χ0) is 14.4. The number of aliphatic carboxylic acids is 1. The van der Waals surface area contributed by atoms with Gasteiger partial charge in [0.05, 0.1) is 23.5 Å². The van der Waals surface area contributed by atoms with Crippen molar-refractivity contribution in [3.05, 3.63) is 30.1 Å². The van der Waals surface area contributed by atoms with Crippen molar-refractivity contribution in [2.75, 3.05) is 0 Å². The molecule has 1 aromatic carbocycles. The molecule has 0 radical (unpaired) electrons. The van der Waals surface area contributed by atoms with Crippen LogP contribution >= 0.6 is 0 Å². The number of carboxylic acid groups (broad SMARTS) is 1. The third kappa shape index (κ3) is 3.35. The summed E-state index contributed by atoms with van der Waals surface area (Å²) in [7, 11) is 0. The molecule has 1 heterocycles. The molecule has 0 spiro atoms. The molecule has 0 bridgehead atoms. The van der Waals surface area contributed by atoms with Crippen LogP contribution in [-0.4, -0.2) is 20.6 Å². The minimum atomic E-state index is -0.747. The van der Waals surface area contributed by atoms with E-state index >= 15 is 0 Å². The fourth-order valence-corrected chi connectivity index (χ4v) is 2.30. The maximum absolute atomic E-state index is 10.5. The van der Waals surface area contributed by atoms with E-state index < -0.39 is 5.97 Å². The van der Waals surface area contributed by atoms with Crippen molar-refractivity contribution in [3.8, 4) is 6.07 Å². The number of benzene rings is 1. The second-order valence-electron chi connectivity index (χ2n) is 4.71. The number of carbonyl (C=O) groups is 1. The third-order valence-electron chi connectivity index (χ3n) is 3.24. The van der Waals surface area contributed by atoms with Gasteiger partial charge in [-0.25, -0.2) is 4.98 Å². The zero-order valence-electron chi connectivity index (χ0n) is 11.2. The van der Waals surface area contributed by atoms with Gasteiger partial charge in [-0.05, 0) is 25.0 Å². The van der Waals surface area contributed by atoms with Crippen molar-refractivity contribution < 1.29 is 9.90 Å². The third-order valence-corrected chi connectivity index (χ3v) is 3.24. The number of hydrogen-bond acceptors (Lipinski definition) is 3. The molecule has 2 rings (SSSR count). The first-order valence-corrected chi connectivity index (χ1v) is 6.75. The first-order chi connectivity index (χ1) is 9.72. The number of nitriles is 1. The zero-order valence-corrected chi connectivity index (χ0v) is 11.2. The molecule has 0 aliphatic heterocycles. The van der Waals surface area contributed by atoms with Crippen molar-refractivity contribution in [1.82, 2.24) is 9.55 Å². The van der Waals surface area contributed by atoms with E-state index in [1.165, 1.54) is 0 Å². The van der Waals surface area contributed by atoms with Gasteiger partial charge in [0.25, 0.3) is 0 Å². The lowest BCUT2D eigenvalue weighted by molar-refractivity contribution is -0.137. The highest BCUT2D eigenvalue weighted by molar-refractivity contribution is 5.75. The molecule has 1 aromatic heterocycles. The molecule has 0 aliphatic carbocycles. The molecular weight excluding hydrogens is 254 g/mol. The Morgan fingerprint density at radius 2 is 2.10 bits per heavy atom. The molecule has 5 nitrogen and oxygen atoms in total. The molecule has 0 amide bonds. The highest BCUT2D eigenvalue weighted by Crippen LogP contribution is 2.17. The maximum Gasteiger partial charge on any atom is 0.303 e. The Hall–Kier alpha value is -2.35. The molecular formula is C15H17N3O2. The normalized spacial score (nSPS) is 10.6. The summed E-state index contributed by atoms with van der Waals surface area (Å²) in [6, 6.07) is 9.98. The quantitative estimate of drug-likeness (QED) is 0.785. The van der Waals surface area contributed by atoms with Gasteiger partial charge in [0.1, 0.15) is 5.82 Å². The molecule has 0 saturated heterocycles. The van der Waals surface area contributed by atoms with E-state index in [1.54, 1.807) is 0 Å². The minimum absolute atomic E-state index is 0.218. The van der Waals surface area contributed by atoms with E-state index in [-0.39, 0.29) is 6.42 Å². The lowest BCUT2D eigenvalue weighted by atomic mass is 10.2. The summed E-state index contributed by atoms with van der Waals surface area (Å²) in [5.41, 5.74) is 1.94. The van der Waals surface area contributed by atoms with Crippen LogP contribution in [0.15, 0.2) is 24.3 Å². The molecule has 0 aliphatic rings. The van der Waals surface area contributed by atoms with Crippen molar-refractivity contribution in [3.63, 3.8) is 0 Å². The summed E-state index contributed by atoms with van der Waals surface area (Å²) in [4.78, 5) is 14.9. The monoisotopic (exact) mass is 271 g/mol. The minimum Gasteiger partial charge on any atom is -0.481 e. The van der Waals surface area contributed by atoms with Gasteiger partial charge >= 0.3 is 5.97 Å². The number of aromatic nitrogens is 2. The highest BCUT2D eigenvalue weighted by atomic mass is 16.4. The van der Waals surface area contributed by atoms with Crippen molar-refractivity contribution >= 4 is 17.0 Å². The van der Waals surface area contributed by atoms with Crippen molar-refractivity contribution in [1.29, 1.82) is 5.26 Å². The smallest absolute Gasteiger partial charge is 0.303 e. The number of rotatable bonds is 7. The van der Waals surface area contributed by atoms with Crippen LogP contribution in [0, 0.1) is 11.3 Å². The Kier molecular flexibility index (Phi) is 4.72. The van der Waals surface area contributed by atoms with E-state index in [0.717, 1.165) is 36.2 Å². The summed E-state index contributed by atoms with van der Waals surface area (Å²) in [6.45, 7) is 0.775. The largest absolute Gasteiger partial charge is 0.481 e. The van der Waals surface area contributed by atoms with Gasteiger partial charge in [-0.1, -0.05) is 18.6 Å². The topological polar surface area (TPSA) is 78.9 Å². The van der Waals surface area contributed by atoms with Crippen LogP contribution in [0.5, 0.6) is 0 Å². The fourth-order valence-electron chi connectivity index (χ4n) is 2.30. The van der Waals surface area contributed by atoms with E-state index in [0.29, 0.717) is 12.8 Å². The summed E-state index contributed by atoms with van der Waals surface area (Å²) in [5.74, 6) is 0.0372. The molecule has 0 saturated carbocycles. The fraction of sp³-hybridized carbons (Fsp3) is 0.400. The molecule has 0 fully saturated rings. The molecule has 20 heavy (non-hydrogen) atoms. The van der Waals surface area contributed by atoms with Crippen molar-refractivity contribution in [2.45, 2.75) is 38.6 Å². The first-order valence-electron chi connectivity index (χ1n) is 6.75. The van der Waals surface area contributed by atoms with E-state index in [2.05, 4.69) is 15.6 Å². The SMILES string of the molecule is N#CCc1nc2ccccc2n1CCCCCC(=O)O. The molecule has 0 atom stereocenters. The Morgan fingerprint density at radius 1 is 1.30 bits per heavy atom. The predicted molar refractivity (Wildman–Crippen MR) is 75.2 cm³/mol. The van der Waals surface area contributed by atoms with Crippen LogP contribution < -0.4 is 0 Å². The average molecular weight is 271 g/mol. The molecule has 0 unspecified atom stereocenters. The van der Waals surface area contributed by atoms with E-state index in [4.69, 9.17) is 10.4 Å². The number of fused-ring (bicyclic) bond motifs is 1. The second-order valence-corrected chi connectivity index (χ2v) is 4.71. The van der Waals surface area contributed by atoms with Crippen LogP contribution in [0.1, 0.15) is 31.5 Å². The Morgan fingerprint density at radius 3 is 2.85 bits per heavy atom. The van der Waals surface area contributed by atoms with Gasteiger partial charge in [-0.2, -0.15) is 5.26 Å². The molecule has 104 valence electrons. The molecule has 1 N–H and O–H groups in total. The van der Waals surface area contributed by atoms with Gasteiger partial charge in [0, 0.05) is 13.0 Å². The maximum atomic E-state index is 10.5. The van der Waals surface area contributed by atoms with Gasteiger partial charge in [-0.3, -0.25) is 4.79 Å². The number of para-hydroxylation sites is 2. The number of carboxylic acids is 1. The molecule has 5 heteroatoms. The average Bonchev–Trinajstić information content (AvgIpc) is 2.76. The lowest BCUT2D eigenvalue weighted by Gasteiger charge is -2.07. The summed E-state index contributed by atoms with van der Waals surface area (Å²) in [6.07, 6.45) is 2.96.